The van der Waals surface area contributed by atoms with Crippen LogP contribution in [0.1, 0.15) is 15.9 Å². The van der Waals surface area contributed by atoms with Crippen molar-refractivity contribution in [3.8, 4) is 5.75 Å². The molecule has 0 fully saturated rings. The van der Waals surface area contributed by atoms with Crippen LogP contribution >= 0.6 is 0 Å². The highest BCUT2D eigenvalue weighted by Gasteiger charge is 2.14. The Bertz CT molecular complexity index is 641. The van der Waals surface area contributed by atoms with Crippen molar-refractivity contribution in [1.29, 1.82) is 0 Å². The molecular formula is C14H11F2NO2. The number of carbonyl (C=O) groups is 1. The zero-order valence-electron chi connectivity index (χ0n) is 10.1. The van der Waals surface area contributed by atoms with Crippen molar-refractivity contribution in [2.24, 2.45) is 0 Å². The molecule has 0 aromatic heterocycles. The van der Waals surface area contributed by atoms with Crippen LogP contribution in [0, 0.1) is 18.6 Å². The Labute approximate surface area is 108 Å². The van der Waals surface area contributed by atoms with Crippen molar-refractivity contribution in [3.63, 3.8) is 0 Å². The maximum Gasteiger partial charge on any atom is 0.258 e. The molecule has 0 saturated heterocycles. The first-order chi connectivity index (χ1) is 8.97. The average Bonchev–Trinajstić information content (AvgIpc) is 2.35. The van der Waals surface area contributed by atoms with Crippen LogP contribution in [0.25, 0.3) is 0 Å². The maximum absolute atomic E-state index is 13.5. The molecule has 2 aromatic carbocycles. The first-order valence-corrected chi connectivity index (χ1v) is 5.53. The first kappa shape index (κ1) is 13.0. The van der Waals surface area contributed by atoms with Gasteiger partial charge < -0.3 is 10.4 Å². The van der Waals surface area contributed by atoms with Crippen LogP contribution in [-0.4, -0.2) is 11.0 Å². The van der Waals surface area contributed by atoms with E-state index in [1.54, 1.807) is 6.92 Å². The standard InChI is InChI=1S/C14H11F2NO2/c1-8-2-4-11(15)10(6-8)14(19)17-13-5-3-9(18)7-12(13)16/h2-7,18H,1H3,(H,17,19). The normalized spacial score (nSPS) is 10.3. The fourth-order valence-electron chi connectivity index (χ4n) is 1.61. The number of hydrogen-bond donors (Lipinski definition) is 2. The Kier molecular flexibility index (Phi) is 3.46. The number of anilines is 1. The number of phenols is 1. The van der Waals surface area contributed by atoms with E-state index in [2.05, 4.69) is 5.32 Å². The fourth-order valence-corrected chi connectivity index (χ4v) is 1.61. The SMILES string of the molecule is Cc1ccc(F)c(C(=O)Nc2ccc(O)cc2F)c1. The molecule has 3 nitrogen and oxygen atoms in total. The Balaban J connectivity index is 2.28. The van der Waals surface area contributed by atoms with Gasteiger partial charge in [-0.1, -0.05) is 11.6 Å². The third-order valence-electron chi connectivity index (χ3n) is 2.57. The van der Waals surface area contributed by atoms with Gasteiger partial charge in [0.2, 0.25) is 0 Å². The average molecular weight is 263 g/mol. The van der Waals surface area contributed by atoms with Crippen LogP contribution in [-0.2, 0) is 0 Å². The summed E-state index contributed by atoms with van der Waals surface area (Å²) in [6, 6.07) is 7.39. The molecule has 0 saturated carbocycles. The van der Waals surface area contributed by atoms with Crippen LogP contribution in [0.5, 0.6) is 5.75 Å². The quantitative estimate of drug-likeness (QED) is 0.817. The predicted octanol–water partition coefficient (Wildman–Crippen LogP) is 3.23. The van der Waals surface area contributed by atoms with E-state index in [0.29, 0.717) is 0 Å². The third-order valence-corrected chi connectivity index (χ3v) is 2.57. The summed E-state index contributed by atoms with van der Waals surface area (Å²) >= 11 is 0. The van der Waals surface area contributed by atoms with Gasteiger partial charge in [-0.15, -0.1) is 0 Å². The summed E-state index contributed by atoms with van der Waals surface area (Å²) in [5.41, 5.74) is 0.439. The van der Waals surface area contributed by atoms with E-state index in [9.17, 15) is 13.6 Å². The molecule has 1 amide bonds. The van der Waals surface area contributed by atoms with E-state index in [-0.39, 0.29) is 17.0 Å². The van der Waals surface area contributed by atoms with Gasteiger partial charge in [-0.05, 0) is 31.2 Å². The van der Waals surface area contributed by atoms with Crippen molar-refractivity contribution in [1.82, 2.24) is 0 Å². The lowest BCUT2D eigenvalue weighted by molar-refractivity contribution is 0.102. The summed E-state index contributed by atoms with van der Waals surface area (Å²) in [5.74, 6) is -2.47. The number of phenolic OH excluding ortho intramolecular Hbond substituents is 1. The summed E-state index contributed by atoms with van der Waals surface area (Å²) in [5, 5.41) is 11.3. The molecule has 0 aliphatic rings. The third kappa shape index (κ3) is 2.88. The molecule has 98 valence electrons. The van der Waals surface area contributed by atoms with Gasteiger partial charge in [0, 0.05) is 6.07 Å². The van der Waals surface area contributed by atoms with E-state index in [1.807, 2.05) is 0 Å². The number of benzene rings is 2. The second-order valence-electron chi connectivity index (χ2n) is 4.10. The van der Waals surface area contributed by atoms with Gasteiger partial charge in [0.25, 0.3) is 5.91 Å². The number of aromatic hydroxyl groups is 1. The molecular weight excluding hydrogens is 252 g/mol. The van der Waals surface area contributed by atoms with E-state index >= 15 is 0 Å². The Morgan fingerprint density at radius 1 is 1.11 bits per heavy atom. The van der Waals surface area contributed by atoms with Crippen LogP contribution in [0.4, 0.5) is 14.5 Å². The highest BCUT2D eigenvalue weighted by atomic mass is 19.1. The largest absolute Gasteiger partial charge is 0.508 e. The maximum atomic E-state index is 13.5. The van der Waals surface area contributed by atoms with Crippen molar-refractivity contribution in [2.75, 3.05) is 5.32 Å². The van der Waals surface area contributed by atoms with Gasteiger partial charge in [0.15, 0.2) is 0 Å². The number of carbonyl (C=O) groups excluding carboxylic acids is 1. The number of aryl methyl sites for hydroxylation is 1. The van der Waals surface area contributed by atoms with E-state index in [1.165, 1.54) is 30.3 Å². The molecule has 0 aliphatic heterocycles. The molecule has 0 bridgehead atoms. The zero-order chi connectivity index (χ0) is 14.0. The van der Waals surface area contributed by atoms with Crippen LogP contribution in [0.15, 0.2) is 36.4 Å². The monoisotopic (exact) mass is 263 g/mol. The Morgan fingerprint density at radius 2 is 1.84 bits per heavy atom. The molecule has 2 N–H and O–H groups in total. The molecule has 0 spiro atoms. The van der Waals surface area contributed by atoms with Crippen molar-refractivity contribution in [2.45, 2.75) is 6.92 Å². The Hall–Kier alpha value is -2.43. The van der Waals surface area contributed by atoms with Crippen molar-refractivity contribution in [3.05, 3.63) is 59.2 Å². The summed E-state index contributed by atoms with van der Waals surface area (Å²) in [6.07, 6.45) is 0. The smallest absolute Gasteiger partial charge is 0.258 e. The van der Waals surface area contributed by atoms with Gasteiger partial charge >= 0.3 is 0 Å². The summed E-state index contributed by atoms with van der Waals surface area (Å²) < 4.78 is 26.9. The lowest BCUT2D eigenvalue weighted by Gasteiger charge is -2.08. The lowest BCUT2D eigenvalue weighted by atomic mass is 10.1. The summed E-state index contributed by atoms with van der Waals surface area (Å²) in [6.45, 7) is 1.72. The molecule has 0 atom stereocenters. The predicted molar refractivity (Wildman–Crippen MR) is 67.2 cm³/mol. The molecule has 0 unspecified atom stereocenters. The number of halogens is 2. The number of hydrogen-bond acceptors (Lipinski definition) is 2. The van der Waals surface area contributed by atoms with Crippen LogP contribution in [0.2, 0.25) is 0 Å². The minimum absolute atomic E-state index is 0.122. The fraction of sp³-hybridized carbons (Fsp3) is 0.0714. The molecule has 19 heavy (non-hydrogen) atoms. The van der Waals surface area contributed by atoms with Crippen molar-refractivity contribution < 1.29 is 18.7 Å². The van der Waals surface area contributed by atoms with Crippen molar-refractivity contribution >= 4 is 11.6 Å². The topological polar surface area (TPSA) is 49.3 Å². The van der Waals surface area contributed by atoms with E-state index in [0.717, 1.165) is 11.6 Å². The minimum Gasteiger partial charge on any atom is -0.508 e. The minimum atomic E-state index is -0.790. The number of nitrogens with one attached hydrogen (secondary N) is 1. The highest BCUT2D eigenvalue weighted by molar-refractivity contribution is 6.04. The zero-order valence-corrected chi connectivity index (χ0v) is 10.1. The second kappa shape index (κ2) is 5.06. The Morgan fingerprint density at radius 3 is 2.53 bits per heavy atom. The molecule has 2 aromatic rings. The molecule has 5 heteroatoms. The second-order valence-corrected chi connectivity index (χ2v) is 4.10. The number of amides is 1. The highest BCUT2D eigenvalue weighted by Crippen LogP contribution is 2.20. The van der Waals surface area contributed by atoms with Crippen LogP contribution < -0.4 is 5.32 Å². The van der Waals surface area contributed by atoms with E-state index < -0.39 is 17.5 Å². The summed E-state index contributed by atoms with van der Waals surface area (Å²) in [4.78, 5) is 11.8. The van der Waals surface area contributed by atoms with E-state index in [4.69, 9.17) is 5.11 Å². The van der Waals surface area contributed by atoms with Gasteiger partial charge in [0.05, 0.1) is 11.3 Å². The van der Waals surface area contributed by atoms with Gasteiger partial charge in [-0.2, -0.15) is 0 Å². The van der Waals surface area contributed by atoms with Crippen LogP contribution in [0.3, 0.4) is 0 Å². The molecule has 2 rings (SSSR count). The first-order valence-electron chi connectivity index (χ1n) is 5.53. The summed E-state index contributed by atoms with van der Waals surface area (Å²) in [7, 11) is 0. The van der Waals surface area contributed by atoms with Gasteiger partial charge in [-0.25, -0.2) is 8.78 Å². The molecule has 0 radical (unpaired) electrons. The lowest BCUT2D eigenvalue weighted by Crippen LogP contribution is -2.14. The molecule has 0 heterocycles. The van der Waals surface area contributed by atoms with Gasteiger partial charge in [-0.3, -0.25) is 4.79 Å². The number of rotatable bonds is 2. The van der Waals surface area contributed by atoms with Gasteiger partial charge in [0.1, 0.15) is 17.4 Å². The molecule has 0 aliphatic carbocycles.